The molecule has 4 rings (SSSR count). The zero-order valence-corrected chi connectivity index (χ0v) is 12.5. The molecular formula is C20H15FN2. The van der Waals surface area contributed by atoms with Crippen molar-refractivity contribution in [1.82, 2.24) is 0 Å². The minimum absolute atomic E-state index is 0.260. The first-order chi connectivity index (χ1) is 11.3. The van der Waals surface area contributed by atoms with Crippen molar-refractivity contribution < 1.29 is 4.39 Å². The number of anilines is 1. The fourth-order valence-electron chi connectivity index (χ4n) is 2.98. The van der Waals surface area contributed by atoms with E-state index >= 15 is 0 Å². The Morgan fingerprint density at radius 2 is 1.74 bits per heavy atom. The monoisotopic (exact) mass is 302 g/mol. The van der Waals surface area contributed by atoms with Gasteiger partial charge in [0.2, 0.25) is 0 Å². The molecule has 2 nitrogen and oxygen atoms in total. The number of rotatable bonds is 3. The van der Waals surface area contributed by atoms with Gasteiger partial charge in [-0.2, -0.15) is 5.10 Å². The lowest BCUT2D eigenvalue weighted by atomic mass is 10.1. The van der Waals surface area contributed by atoms with E-state index in [1.165, 1.54) is 34.4 Å². The molecule has 1 aliphatic carbocycles. The minimum atomic E-state index is -0.260. The van der Waals surface area contributed by atoms with Crippen molar-refractivity contribution in [3.8, 4) is 11.1 Å². The lowest BCUT2D eigenvalue weighted by Gasteiger charge is -2.04. The summed E-state index contributed by atoms with van der Waals surface area (Å²) in [6.45, 7) is 0. The van der Waals surface area contributed by atoms with Crippen LogP contribution >= 0.6 is 0 Å². The second-order valence-electron chi connectivity index (χ2n) is 5.63. The summed E-state index contributed by atoms with van der Waals surface area (Å²) in [5.41, 5.74) is 9.95. The molecule has 0 saturated heterocycles. The summed E-state index contributed by atoms with van der Waals surface area (Å²) < 4.78 is 13.1. The van der Waals surface area contributed by atoms with Gasteiger partial charge in [-0.25, -0.2) is 4.39 Å². The molecular weight excluding hydrogens is 287 g/mol. The summed E-state index contributed by atoms with van der Waals surface area (Å²) in [4.78, 5) is 0. The van der Waals surface area contributed by atoms with E-state index in [4.69, 9.17) is 0 Å². The summed E-state index contributed by atoms with van der Waals surface area (Å²) in [5, 5.41) is 4.19. The van der Waals surface area contributed by atoms with E-state index in [0.29, 0.717) is 0 Å². The predicted octanol–water partition coefficient (Wildman–Crippen LogP) is 4.84. The van der Waals surface area contributed by atoms with Crippen molar-refractivity contribution in [2.75, 3.05) is 5.43 Å². The Balaban J connectivity index is 1.53. The molecule has 0 unspecified atom stereocenters. The fourth-order valence-corrected chi connectivity index (χ4v) is 2.98. The lowest BCUT2D eigenvalue weighted by Crippen LogP contribution is -1.92. The molecule has 0 saturated carbocycles. The highest BCUT2D eigenvalue weighted by Gasteiger charge is 2.17. The van der Waals surface area contributed by atoms with Crippen LogP contribution in [-0.2, 0) is 6.42 Å². The number of nitrogens with one attached hydrogen (secondary N) is 1. The van der Waals surface area contributed by atoms with E-state index in [9.17, 15) is 4.39 Å². The molecule has 0 amide bonds. The van der Waals surface area contributed by atoms with Gasteiger partial charge in [-0.05, 0) is 58.5 Å². The first-order valence-corrected chi connectivity index (χ1v) is 7.55. The van der Waals surface area contributed by atoms with Gasteiger partial charge in [-0.1, -0.05) is 42.5 Å². The van der Waals surface area contributed by atoms with Gasteiger partial charge in [0, 0.05) is 0 Å². The van der Waals surface area contributed by atoms with Crippen molar-refractivity contribution >= 4 is 11.9 Å². The zero-order valence-electron chi connectivity index (χ0n) is 12.5. The number of nitrogens with zero attached hydrogens (tertiary/aromatic N) is 1. The van der Waals surface area contributed by atoms with Crippen LogP contribution in [0.5, 0.6) is 0 Å². The molecule has 0 bridgehead atoms. The van der Waals surface area contributed by atoms with Gasteiger partial charge in [0.15, 0.2) is 0 Å². The van der Waals surface area contributed by atoms with Gasteiger partial charge in [0.25, 0.3) is 0 Å². The number of benzene rings is 3. The summed E-state index contributed by atoms with van der Waals surface area (Å²) in [6, 6.07) is 21.1. The molecule has 1 aliphatic rings. The zero-order chi connectivity index (χ0) is 15.6. The maximum absolute atomic E-state index is 13.1. The summed E-state index contributed by atoms with van der Waals surface area (Å²) in [6.07, 6.45) is 2.57. The van der Waals surface area contributed by atoms with Crippen molar-refractivity contribution in [1.29, 1.82) is 0 Å². The molecule has 3 aromatic carbocycles. The predicted molar refractivity (Wildman–Crippen MR) is 92.3 cm³/mol. The van der Waals surface area contributed by atoms with Crippen LogP contribution in [0.3, 0.4) is 0 Å². The van der Waals surface area contributed by atoms with Crippen LogP contribution < -0.4 is 5.43 Å². The number of hydrogen-bond acceptors (Lipinski definition) is 2. The maximum atomic E-state index is 13.1. The Morgan fingerprint density at radius 1 is 0.870 bits per heavy atom. The van der Waals surface area contributed by atoms with Crippen LogP contribution in [0.1, 0.15) is 16.7 Å². The van der Waals surface area contributed by atoms with Crippen LogP contribution in [0.25, 0.3) is 11.1 Å². The normalized spacial score (nSPS) is 12.2. The van der Waals surface area contributed by atoms with Gasteiger partial charge in [-0.3, -0.25) is 5.43 Å². The van der Waals surface area contributed by atoms with E-state index in [2.05, 4.69) is 46.9 Å². The van der Waals surface area contributed by atoms with E-state index in [1.807, 2.05) is 12.1 Å². The molecule has 0 spiro atoms. The van der Waals surface area contributed by atoms with Gasteiger partial charge < -0.3 is 0 Å². The Hall–Kier alpha value is -2.94. The smallest absolute Gasteiger partial charge is 0.123 e. The molecule has 23 heavy (non-hydrogen) atoms. The topological polar surface area (TPSA) is 24.4 Å². The van der Waals surface area contributed by atoms with Gasteiger partial charge in [0.1, 0.15) is 5.82 Å². The molecule has 1 N–H and O–H groups in total. The molecule has 0 radical (unpaired) electrons. The summed E-state index contributed by atoms with van der Waals surface area (Å²) in [7, 11) is 0. The van der Waals surface area contributed by atoms with Crippen molar-refractivity contribution in [3.05, 3.63) is 89.2 Å². The highest BCUT2D eigenvalue weighted by molar-refractivity contribution is 5.81. The number of halogens is 1. The molecule has 0 aliphatic heterocycles. The Morgan fingerprint density at radius 3 is 2.65 bits per heavy atom. The lowest BCUT2D eigenvalue weighted by molar-refractivity contribution is 0.627. The van der Waals surface area contributed by atoms with E-state index < -0.39 is 0 Å². The highest BCUT2D eigenvalue weighted by atomic mass is 19.1. The Bertz CT molecular complexity index is 900. The van der Waals surface area contributed by atoms with Crippen LogP contribution in [-0.4, -0.2) is 6.21 Å². The van der Waals surface area contributed by atoms with E-state index in [-0.39, 0.29) is 5.82 Å². The minimum Gasteiger partial charge on any atom is -0.278 e. The average molecular weight is 302 g/mol. The van der Waals surface area contributed by atoms with Gasteiger partial charge in [0.05, 0.1) is 11.9 Å². The van der Waals surface area contributed by atoms with Crippen molar-refractivity contribution in [2.45, 2.75) is 6.42 Å². The Labute approximate surface area is 134 Å². The molecule has 0 fully saturated rings. The standard InChI is InChI=1S/C20H15FN2/c21-17-6-3-4-14(10-17)13-22-23-18-8-9-20-16(12-18)11-15-5-1-2-7-19(15)20/h1-10,12-13,23H,11H2/b22-13+. The van der Waals surface area contributed by atoms with Crippen LogP contribution in [0.2, 0.25) is 0 Å². The summed E-state index contributed by atoms with van der Waals surface area (Å²) >= 11 is 0. The molecule has 3 aromatic rings. The molecule has 3 heteroatoms. The quantitative estimate of drug-likeness (QED) is 0.425. The van der Waals surface area contributed by atoms with Crippen LogP contribution in [0, 0.1) is 5.82 Å². The first-order valence-electron chi connectivity index (χ1n) is 7.55. The van der Waals surface area contributed by atoms with Gasteiger partial charge >= 0.3 is 0 Å². The molecule has 0 heterocycles. The fraction of sp³-hybridized carbons (Fsp3) is 0.0500. The molecule has 0 aromatic heterocycles. The third-order valence-electron chi connectivity index (χ3n) is 4.05. The van der Waals surface area contributed by atoms with Gasteiger partial charge in [-0.15, -0.1) is 0 Å². The third-order valence-corrected chi connectivity index (χ3v) is 4.05. The number of hydrazone groups is 1. The number of hydrogen-bond donors (Lipinski definition) is 1. The second-order valence-corrected chi connectivity index (χ2v) is 5.63. The second kappa shape index (κ2) is 5.69. The molecule has 112 valence electrons. The van der Waals surface area contributed by atoms with Crippen LogP contribution in [0.4, 0.5) is 10.1 Å². The van der Waals surface area contributed by atoms with Crippen LogP contribution in [0.15, 0.2) is 71.8 Å². The molecule has 0 atom stereocenters. The average Bonchev–Trinajstić information content (AvgIpc) is 2.92. The van der Waals surface area contributed by atoms with E-state index in [0.717, 1.165) is 17.7 Å². The van der Waals surface area contributed by atoms with Crippen molar-refractivity contribution in [3.63, 3.8) is 0 Å². The highest BCUT2D eigenvalue weighted by Crippen LogP contribution is 2.37. The number of fused-ring (bicyclic) bond motifs is 3. The van der Waals surface area contributed by atoms with Crippen molar-refractivity contribution in [2.24, 2.45) is 5.10 Å². The largest absolute Gasteiger partial charge is 0.278 e. The third kappa shape index (κ3) is 2.73. The maximum Gasteiger partial charge on any atom is 0.123 e. The van der Waals surface area contributed by atoms with E-state index in [1.54, 1.807) is 12.3 Å². The SMILES string of the molecule is Fc1cccc(/C=N/Nc2ccc3c(c2)Cc2ccccc2-3)c1. The summed E-state index contributed by atoms with van der Waals surface area (Å²) in [5.74, 6) is -0.260. The Kier molecular flexibility index (Phi) is 3.39. The first kappa shape index (κ1) is 13.7.